The van der Waals surface area contributed by atoms with Gasteiger partial charge < -0.3 is 0 Å². The molecule has 0 aromatic carbocycles. The van der Waals surface area contributed by atoms with Gasteiger partial charge in [-0.05, 0) is 0 Å². The van der Waals surface area contributed by atoms with Crippen molar-refractivity contribution in [3.05, 3.63) is 0 Å². The third-order valence-corrected chi connectivity index (χ3v) is 11.5. The summed E-state index contributed by atoms with van der Waals surface area (Å²) in [5.74, 6) is 0. The predicted octanol–water partition coefficient (Wildman–Crippen LogP) is 4.01. The molecule has 0 spiro atoms. The van der Waals surface area contributed by atoms with Crippen molar-refractivity contribution in [3.63, 3.8) is 0 Å². The van der Waals surface area contributed by atoms with Crippen LogP contribution in [0.15, 0.2) is 0 Å². The molecule has 1 aliphatic carbocycles. The summed E-state index contributed by atoms with van der Waals surface area (Å²) in [6, 6.07) is 0. The Morgan fingerprint density at radius 2 is 1.10 bits per heavy atom. The Morgan fingerprint density at radius 3 is 1.52 bits per heavy atom. The van der Waals surface area contributed by atoms with Crippen LogP contribution in [0, 0.1) is 0 Å². The van der Waals surface area contributed by atoms with Crippen LogP contribution in [0.3, 0.4) is 0 Å². The van der Waals surface area contributed by atoms with E-state index in [4.69, 9.17) is 0 Å². The van der Waals surface area contributed by atoms with Crippen LogP contribution < -0.4 is 5.09 Å². The van der Waals surface area contributed by atoms with E-state index in [0.29, 0.717) is 0 Å². The van der Waals surface area contributed by atoms with E-state index in [1.54, 1.807) is 0 Å². The standard InChI is InChI=1S/C17H36N3P/c1-18-21(17-11-5-2-6-12-17,19-13-7-3-8-14-19)20-15-9-4-10-16-20/h17-18,21H,2-16H2,1H3. The van der Waals surface area contributed by atoms with Crippen LogP contribution in [0.2, 0.25) is 0 Å². The molecule has 1 N–H and O–H groups in total. The van der Waals surface area contributed by atoms with Crippen LogP contribution in [0.5, 0.6) is 0 Å². The van der Waals surface area contributed by atoms with Crippen LogP contribution in [-0.2, 0) is 0 Å². The SMILES string of the molecule is CN[PH](C1CCCCC1)(N1CCCCC1)N1CCCCC1. The van der Waals surface area contributed by atoms with E-state index < -0.39 is 7.71 Å². The van der Waals surface area contributed by atoms with Gasteiger partial charge in [0.05, 0.1) is 0 Å². The summed E-state index contributed by atoms with van der Waals surface area (Å²) in [7, 11) is 0.645. The third kappa shape index (κ3) is 3.32. The van der Waals surface area contributed by atoms with Crippen LogP contribution in [0.1, 0.15) is 70.6 Å². The number of nitrogens with one attached hydrogen (secondary N) is 1. The molecule has 3 rings (SSSR count). The van der Waals surface area contributed by atoms with Gasteiger partial charge in [-0.3, -0.25) is 0 Å². The van der Waals surface area contributed by atoms with Crippen molar-refractivity contribution < 1.29 is 0 Å². The van der Waals surface area contributed by atoms with Crippen molar-refractivity contribution in [1.29, 1.82) is 0 Å². The zero-order valence-corrected chi connectivity index (χ0v) is 15.1. The first-order chi connectivity index (χ1) is 10.4. The van der Waals surface area contributed by atoms with Gasteiger partial charge >= 0.3 is 132 Å². The van der Waals surface area contributed by atoms with Gasteiger partial charge in [-0.25, -0.2) is 0 Å². The van der Waals surface area contributed by atoms with Gasteiger partial charge in [0.1, 0.15) is 0 Å². The molecule has 0 aromatic rings. The molecule has 0 amide bonds. The van der Waals surface area contributed by atoms with Gasteiger partial charge in [-0.15, -0.1) is 0 Å². The zero-order valence-electron chi connectivity index (χ0n) is 14.1. The number of piperidine rings is 2. The second-order valence-electron chi connectivity index (χ2n) is 7.41. The Balaban J connectivity index is 1.85. The van der Waals surface area contributed by atoms with E-state index in [2.05, 4.69) is 21.5 Å². The maximum atomic E-state index is 4.02. The second kappa shape index (κ2) is 7.73. The molecule has 0 bridgehead atoms. The predicted molar refractivity (Wildman–Crippen MR) is 95.1 cm³/mol. The fourth-order valence-electron chi connectivity index (χ4n) is 5.21. The van der Waals surface area contributed by atoms with Gasteiger partial charge in [0, 0.05) is 0 Å². The average molecular weight is 313 g/mol. The Bertz CT molecular complexity index is 260. The monoisotopic (exact) mass is 313 g/mol. The van der Waals surface area contributed by atoms with E-state index in [9.17, 15) is 0 Å². The summed E-state index contributed by atoms with van der Waals surface area (Å²) in [6.07, 6.45) is 16.0. The topological polar surface area (TPSA) is 18.5 Å². The molecule has 0 unspecified atom stereocenters. The summed E-state index contributed by atoms with van der Waals surface area (Å²) in [6.45, 7) is 5.44. The Hall–Kier alpha value is 0.310. The fourth-order valence-corrected chi connectivity index (χ4v) is 10.9. The van der Waals surface area contributed by atoms with E-state index in [0.717, 1.165) is 5.66 Å². The number of nitrogens with zero attached hydrogens (tertiary/aromatic N) is 2. The summed E-state index contributed by atoms with van der Waals surface area (Å²) in [4.78, 5) is 0. The first kappa shape index (κ1) is 16.2. The summed E-state index contributed by atoms with van der Waals surface area (Å²) in [5, 5.41) is 4.02. The van der Waals surface area contributed by atoms with Crippen molar-refractivity contribution in [3.8, 4) is 0 Å². The molecule has 21 heavy (non-hydrogen) atoms. The molecule has 3 nitrogen and oxygen atoms in total. The van der Waals surface area contributed by atoms with Gasteiger partial charge in [0.2, 0.25) is 0 Å². The minimum absolute atomic E-state index is 0.965. The van der Waals surface area contributed by atoms with E-state index >= 15 is 0 Å². The molecule has 2 saturated heterocycles. The van der Waals surface area contributed by atoms with E-state index in [-0.39, 0.29) is 0 Å². The summed E-state index contributed by atoms with van der Waals surface area (Å²) in [5.41, 5.74) is 0.965. The Kier molecular flexibility index (Phi) is 5.95. The first-order valence-electron chi connectivity index (χ1n) is 9.57. The molecule has 0 radical (unpaired) electrons. The van der Waals surface area contributed by atoms with Crippen LogP contribution in [-0.4, -0.2) is 48.2 Å². The molecule has 1 saturated carbocycles. The quantitative estimate of drug-likeness (QED) is 0.791. The van der Waals surface area contributed by atoms with E-state index in [1.807, 2.05) is 0 Å². The molecular formula is C17H36N3P. The summed E-state index contributed by atoms with van der Waals surface area (Å²) < 4.78 is 5.94. The Morgan fingerprint density at radius 1 is 0.667 bits per heavy atom. The van der Waals surface area contributed by atoms with Crippen LogP contribution in [0.25, 0.3) is 0 Å². The Labute approximate surface area is 132 Å². The molecule has 3 aliphatic rings. The van der Waals surface area contributed by atoms with Crippen molar-refractivity contribution in [2.45, 2.75) is 76.3 Å². The van der Waals surface area contributed by atoms with Gasteiger partial charge in [0.25, 0.3) is 0 Å². The third-order valence-electron chi connectivity index (χ3n) is 6.22. The minimum atomic E-state index is -1.65. The first-order valence-corrected chi connectivity index (χ1v) is 11.5. The van der Waals surface area contributed by atoms with Crippen molar-refractivity contribution in [2.75, 3.05) is 33.2 Å². The average Bonchev–Trinajstić information content (AvgIpc) is 2.59. The molecule has 124 valence electrons. The van der Waals surface area contributed by atoms with Crippen molar-refractivity contribution >= 4 is 7.71 Å². The zero-order chi connectivity index (χ0) is 14.5. The molecule has 4 heteroatoms. The van der Waals surface area contributed by atoms with Crippen LogP contribution >= 0.6 is 7.71 Å². The fraction of sp³-hybridized carbons (Fsp3) is 1.00. The van der Waals surface area contributed by atoms with Crippen molar-refractivity contribution in [1.82, 2.24) is 14.4 Å². The van der Waals surface area contributed by atoms with E-state index in [1.165, 1.54) is 96.8 Å². The maximum absolute atomic E-state index is 4.02. The second-order valence-corrected chi connectivity index (χ2v) is 11.4. The summed E-state index contributed by atoms with van der Waals surface area (Å²) >= 11 is 0. The van der Waals surface area contributed by atoms with Crippen LogP contribution in [0.4, 0.5) is 0 Å². The van der Waals surface area contributed by atoms with Crippen molar-refractivity contribution in [2.24, 2.45) is 0 Å². The molecule has 3 fully saturated rings. The number of hydrogen-bond donors (Lipinski definition) is 1. The molecule has 0 aromatic heterocycles. The number of hydrogen-bond acceptors (Lipinski definition) is 3. The van der Waals surface area contributed by atoms with Gasteiger partial charge in [-0.1, -0.05) is 0 Å². The van der Waals surface area contributed by atoms with Gasteiger partial charge in [0.15, 0.2) is 0 Å². The molecule has 0 atom stereocenters. The number of rotatable bonds is 4. The van der Waals surface area contributed by atoms with Gasteiger partial charge in [-0.2, -0.15) is 0 Å². The molecule has 2 heterocycles. The normalized spacial score (nSPS) is 28.6. The molecular weight excluding hydrogens is 277 g/mol. The molecule has 2 aliphatic heterocycles.